The standard InChI is InChI=1S/C22H23F2NO5/c1-13-8-9-14(2)16(12-13)18(26)10-11-20(27)29-15(3)21(28)25-17-6-4-5-7-19(17)30-22(23)24/h4-9,12,15,22H,10-11H2,1-3H3,(H,25,28)/t15-/m1/s1. The lowest BCUT2D eigenvalue weighted by atomic mass is 9.99. The summed E-state index contributed by atoms with van der Waals surface area (Å²) in [6.45, 7) is 1.98. The summed E-state index contributed by atoms with van der Waals surface area (Å²) in [5.41, 5.74) is 2.32. The fraction of sp³-hybridized carbons (Fsp3) is 0.318. The number of esters is 1. The van der Waals surface area contributed by atoms with Gasteiger partial charge in [-0.3, -0.25) is 14.4 Å². The summed E-state index contributed by atoms with van der Waals surface area (Å²) >= 11 is 0. The fourth-order valence-corrected chi connectivity index (χ4v) is 2.70. The van der Waals surface area contributed by atoms with E-state index in [9.17, 15) is 23.2 Å². The molecule has 0 unspecified atom stereocenters. The highest BCUT2D eigenvalue weighted by Crippen LogP contribution is 2.25. The van der Waals surface area contributed by atoms with Crippen LogP contribution in [0.15, 0.2) is 42.5 Å². The van der Waals surface area contributed by atoms with E-state index in [4.69, 9.17) is 4.74 Å². The minimum absolute atomic E-state index is 0.0239. The largest absolute Gasteiger partial charge is 0.453 e. The smallest absolute Gasteiger partial charge is 0.387 e. The first kappa shape index (κ1) is 23.0. The number of aryl methyl sites for hydroxylation is 2. The molecule has 2 rings (SSSR count). The number of hydrogen-bond acceptors (Lipinski definition) is 5. The first-order valence-corrected chi connectivity index (χ1v) is 9.32. The number of ketones is 1. The minimum Gasteiger partial charge on any atom is -0.453 e. The highest BCUT2D eigenvalue weighted by Gasteiger charge is 2.21. The normalized spacial score (nSPS) is 11.7. The quantitative estimate of drug-likeness (QED) is 0.480. The van der Waals surface area contributed by atoms with Gasteiger partial charge < -0.3 is 14.8 Å². The van der Waals surface area contributed by atoms with E-state index >= 15 is 0 Å². The summed E-state index contributed by atoms with van der Waals surface area (Å²) in [7, 11) is 0. The lowest BCUT2D eigenvalue weighted by Crippen LogP contribution is -2.30. The van der Waals surface area contributed by atoms with Crippen LogP contribution in [0.4, 0.5) is 14.5 Å². The molecule has 2 aromatic rings. The lowest BCUT2D eigenvalue weighted by molar-refractivity contribution is -0.153. The maximum absolute atomic E-state index is 12.5. The minimum atomic E-state index is -3.05. The summed E-state index contributed by atoms with van der Waals surface area (Å²) in [5.74, 6) is -1.83. The molecule has 8 heteroatoms. The summed E-state index contributed by atoms with van der Waals surface area (Å²) in [6.07, 6.45) is -1.43. The SMILES string of the molecule is Cc1ccc(C)c(C(=O)CCC(=O)O[C@H](C)C(=O)Nc2ccccc2OC(F)F)c1. The Hall–Kier alpha value is -3.29. The second-order valence-corrected chi connectivity index (χ2v) is 6.74. The van der Waals surface area contributed by atoms with Crippen molar-refractivity contribution >= 4 is 23.3 Å². The second-order valence-electron chi connectivity index (χ2n) is 6.74. The molecule has 0 bridgehead atoms. The van der Waals surface area contributed by atoms with Crippen molar-refractivity contribution in [3.05, 3.63) is 59.2 Å². The molecule has 0 aliphatic rings. The number of carbonyl (C=O) groups is 3. The van der Waals surface area contributed by atoms with Crippen molar-refractivity contribution < 1.29 is 32.6 Å². The number of benzene rings is 2. The molecule has 30 heavy (non-hydrogen) atoms. The maximum Gasteiger partial charge on any atom is 0.387 e. The van der Waals surface area contributed by atoms with E-state index in [2.05, 4.69) is 10.1 Å². The Balaban J connectivity index is 1.89. The van der Waals surface area contributed by atoms with E-state index in [0.29, 0.717) is 5.56 Å². The Morgan fingerprint density at radius 3 is 2.43 bits per heavy atom. The molecule has 0 spiro atoms. The van der Waals surface area contributed by atoms with Gasteiger partial charge >= 0.3 is 12.6 Å². The number of amides is 1. The van der Waals surface area contributed by atoms with Crippen LogP contribution in [-0.4, -0.2) is 30.4 Å². The molecule has 0 saturated carbocycles. The summed E-state index contributed by atoms with van der Waals surface area (Å²) < 4.78 is 34.3. The fourth-order valence-electron chi connectivity index (χ4n) is 2.70. The highest BCUT2D eigenvalue weighted by molar-refractivity contribution is 5.99. The van der Waals surface area contributed by atoms with Gasteiger partial charge in [-0.1, -0.05) is 29.8 Å². The topological polar surface area (TPSA) is 81.7 Å². The molecule has 0 fully saturated rings. The number of ether oxygens (including phenoxy) is 2. The predicted octanol–water partition coefficient (Wildman–Crippen LogP) is 4.44. The van der Waals surface area contributed by atoms with Gasteiger partial charge in [-0.15, -0.1) is 0 Å². The Labute approximate surface area is 173 Å². The third-order valence-electron chi connectivity index (χ3n) is 4.29. The highest BCUT2D eigenvalue weighted by atomic mass is 19.3. The van der Waals surface area contributed by atoms with Crippen LogP contribution in [0.3, 0.4) is 0 Å². The van der Waals surface area contributed by atoms with Crippen LogP contribution < -0.4 is 10.1 Å². The van der Waals surface area contributed by atoms with Crippen molar-refractivity contribution in [2.45, 2.75) is 46.3 Å². The molecule has 2 aromatic carbocycles. The second kappa shape index (κ2) is 10.5. The molecule has 0 radical (unpaired) electrons. The number of Topliss-reactive ketones (excluding diaryl/α,β-unsaturated/α-hetero) is 1. The van der Waals surface area contributed by atoms with Gasteiger partial charge in [-0.05, 0) is 44.5 Å². The monoisotopic (exact) mass is 419 g/mol. The molecule has 0 aromatic heterocycles. The zero-order valence-electron chi connectivity index (χ0n) is 16.9. The van der Waals surface area contributed by atoms with Crippen LogP contribution in [0.5, 0.6) is 5.75 Å². The molecular weight excluding hydrogens is 396 g/mol. The summed E-state index contributed by atoms with van der Waals surface area (Å²) in [4.78, 5) is 36.6. The van der Waals surface area contributed by atoms with Crippen LogP contribution in [0.25, 0.3) is 0 Å². The van der Waals surface area contributed by atoms with E-state index < -0.39 is 24.6 Å². The van der Waals surface area contributed by atoms with Gasteiger partial charge in [0.05, 0.1) is 12.1 Å². The van der Waals surface area contributed by atoms with Crippen LogP contribution >= 0.6 is 0 Å². The number of nitrogens with one attached hydrogen (secondary N) is 1. The molecule has 0 saturated heterocycles. The van der Waals surface area contributed by atoms with Gasteiger partial charge in [0, 0.05) is 12.0 Å². The predicted molar refractivity (Wildman–Crippen MR) is 107 cm³/mol. The third kappa shape index (κ3) is 6.65. The van der Waals surface area contributed by atoms with Crippen molar-refractivity contribution in [2.24, 2.45) is 0 Å². The van der Waals surface area contributed by atoms with E-state index in [-0.39, 0.29) is 30.1 Å². The molecule has 0 aliphatic heterocycles. The molecule has 1 N–H and O–H groups in total. The summed E-state index contributed by atoms with van der Waals surface area (Å²) in [5, 5.41) is 2.38. The Bertz CT molecular complexity index is 929. The number of halogens is 2. The van der Waals surface area contributed by atoms with Crippen molar-refractivity contribution in [1.82, 2.24) is 0 Å². The van der Waals surface area contributed by atoms with Crippen LogP contribution in [0, 0.1) is 13.8 Å². The Morgan fingerprint density at radius 1 is 1.03 bits per heavy atom. The van der Waals surface area contributed by atoms with Crippen LogP contribution in [0.1, 0.15) is 41.3 Å². The van der Waals surface area contributed by atoms with Crippen LogP contribution in [-0.2, 0) is 14.3 Å². The van der Waals surface area contributed by atoms with Crippen molar-refractivity contribution in [1.29, 1.82) is 0 Å². The molecule has 160 valence electrons. The van der Waals surface area contributed by atoms with Crippen molar-refractivity contribution in [3.8, 4) is 5.75 Å². The zero-order chi connectivity index (χ0) is 22.3. The molecule has 1 atom stereocenters. The Kier molecular flexibility index (Phi) is 8.03. The van der Waals surface area contributed by atoms with Gasteiger partial charge in [0.25, 0.3) is 5.91 Å². The average Bonchev–Trinajstić information content (AvgIpc) is 2.69. The van der Waals surface area contributed by atoms with Crippen molar-refractivity contribution in [3.63, 3.8) is 0 Å². The molecule has 0 heterocycles. The number of hydrogen-bond donors (Lipinski definition) is 1. The number of rotatable bonds is 9. The van der Waals surface area contributed by atoms with E-state index in [1.54, 1.807) is 6.07 Å². The number of alkyl halides is 2. The molecule has 1 amide bonds. The first-order chi connectivity index (χ1) is 14.2. The maximum atomic E-state index is 12.5. The van der Waals surface area contributed by atoms with Gasteiger partial charge in [0.15, 0.2) is 11.9 Å². The van der Waals surface area contributed by atoms with E-state index in [1.165, 1.54) is 31.2 Å². The van der Waals surface area contributed by atoms with Gasteiger partial charge in [-0.2, -0.15) is 8.78 Å². The number of anilines is 1. The average molecular weight is 419 g/mol. The summed E-state index contributed by atoms with van der Waals surface area (Å²) in [6, 6.07) is 11.2. The van der Waals surface area contributed by atoms with Gasteiger partial charge in [-0.25, -0.2) is 0 Å². The van der Waals surface area contributed by atoms with Crippen LogP contribution in [0.2, 0.25) is 0 Å². The molecule has 0 aliphatic carbocycles. The lowest BCUT2D eigenvalue weighted by Gasteiger charge is -2.15. The number of carbonyl (C=O) groups excluding carboxylic acids is 3. The van der Waals surface area contributed by atoms with Gasteiger partial charge in [0.2, 0.25) is 0 Å². The van der Waals surface area contributed by atoms with Crippen molar-refractivity contribution in [2.75, 3.05) is 5.32 Å². The van der Waals surface area contributed by atoms with E-state index in [0.717, 1.165) is 11.1 Å². The molecular formula is C22H23F2NO5. The van der Waals surface area contributed by atoms with E-state index in [1.807, 2.05) is 26.0 Å². The Morgan fingerprint density at radius 2 is 1.73 bits per heavy atom. The first-order valence-electron chi connectivity index (χ1n) is 9.32. The molecule has 6 nitrogen and oxygen atoms in total. The third-order valence-corrected chi connectivity index (χ3v) is 4.29. The van der Waals surface area contributed by atoms with Gasteiger partial charge in [0.1, 0.15) is 5.75 Å². The zero-order valence-corrected chi connectivity index (χ0v) is 16.9. The number of para-hydroxylation sites is 2.